The highest BCUT2D eigenvalue weighted by Gasteiger charge is 2.27. The lowest BCUT2D eigenvalue weighted by molar-refractivity contribution is -0.119. The number of ether oxygens (including phenoxy) is 1. The number of aliphatic imine (C=N–C) groups is 1. The Balaban J connectivity index is 2.06. The van der Waals surface area contributed by atoms with E-state index in [9.17, 15) is 4.79 Å². The van der Waals surface area contributed by atoms with Crippen molar-refractivity contribution in [2.45, 2.75) is 6.04 Å². The summed E-state index contributed by atoms with van der Waals surface area (Å²) in [5, 5.41) is 3.69. The molecule has 2 aromatic carbocycles. The summed E-state index contributed by atoms with van der Waals surface area (Å²) in [4.78, 5) is 16.2. The standard InChI is InChI=1S/C16H14ClN3O2/c1-22-10-7-5-9(6-8-10)16-19-13-11(3-2-4-12(13)17)14(20-16)15(18)21/h2-8,14H,1H3,(H2,18,21)(H,19,20). The van der Waals surface area contributed by atoms with Crippen LogP contribution in [0.2, 0.25) is 5.02 Å². The summed E-state index contributed by atoms with van der Waals surface area (Å²) >= 11 is 6.22. The van der Waals surface area contributed by atoms with Gasteiger partial charge in [0.05, 0.1) is 17.8 Å². The van der Waals surface area contributed by atoms with E-state index in [1.54, 1.807) is 25.3 Å². The number of hydrogen-bond acceptors (Lipinski definition) is 4. The Morgan fingerprint density at radius 3 is 2.64 bits per heavy atom. The molecule has 1 amide bonds. The molecule has 0 saturated carbocycles. The van der Waals surface area contributed by atoms with Gasteiger partial charge >= 0.3 is 0 Å². The van der Waals surface area contributed by atoms with E-state index in [-0.39, 0.29) is 0 Å². The molecule has 6 heteroatoms. The highest BCUT2D eigenvalue weighted by Crippen LogP contribution is 2.36. The van der Waals surface area contributed by atoms with Gasteiger partial charge in [-0.25, -0.2) is 4.99 Å². The molecule has 0 aliphatic carbocycles. The molecule has 0 fully saturated rings. The minimum Gasteiger partial charge on any atom is -0.497 e. The number of carbonyl (C=O) groups excluding carboxylic acids is 1. The molecule has 0 saturated heterocycles. The molecule has 2 aromatic rings. The largest absolute Gasteiger partial charge is 0.497 e. The van der Waals surface area contributed by atoms with Crippen molar-refractivity contribution in [3.8, 4) is 5.75 Å². The lowest BCUT2D eigenvalue weighted by Crippen LogP contribution is -2.29. The number of halogens is 1. The third kappa shape index (κ3) is 2.51. The SMILES string of the molecule is COc1ccc(C2=NC(C(N)=O)c3cccc(Cl)c3N2)cc1. The summed E-state index contributed by atoms with van der Waals surface area (Å²) < 4.78 is 5.14. The van der Waals surface area contributed by atoms with Gasteiger partial charge in [-0.3, -0.25) is 4.79 Å². The van der Waals surface area contributed by atoms with Crippen molar-refractivity contribution in [1.82, 2.24) is 0 Å². The van der Waals surface area contributed by atoms with Crippen LogP contribution in [0.25, 0.3) is 0 Å². The van der Waals surface area contributed by atoms with E-state index in [1.165, 1.54) is 0 Å². The van der Waals surface area contributed by atoms with Gasteiger partial charge in [-0.1, -0.05) is 23.7 Å². The van der Waals surface area contributed by atoms with Gasteiger partial charge in [-0.05, 0) is 30.3 Å². The quantitative estimate of drug-likeness (QED) is 0.914. The molecule has 1 atom stereocenters. The number of amides is 1. The molecular formula is C16H14ClN3O2. The van der Waals surface area contributed by atoms with Crippen molar-refractivity contribution in [2.24, 2.45) is 10.7 Å². The molecule has 5 nitrogen and oxygen atoms in total. The van der Waals surface area contributed by atoms with Gasteiger partial charge in [0, 0.05) is 11.1 Å². The molecule has 0 spiro atoms. The van der Waals surface area contributed by atoms with Crippen LogP contribution in [0, 0.1) is 0 Å². The lowest BCUT2D eigenvalue weighted by atomic mass is 10.0. The Hall–Kier alpha value is -2.53. The summed E-state index contributed by atoms with van der Waals surface area (Å²) in [6.07, 6.45) is 0. The number of benzene rings is 2. The molecule has 22 heavy (non-hydrogen) atoms. The first-order valence-electron chi connectivity index (χ1n) is 6.67. The highest BCUT2D eigenvalue weighted by atomic mass is 35.5. The zero-order chi connectivity index (χ0) is 15.7. The molecule has 0 radical (unpaired) electrons. The molecule has 1 aliphatic heterocycles. The minimum absolute atomic E-state index is 0.518. The highest BCUT2D eigenvalue weighted by molar-refractivity contribution is 6.34. The topological polar surface area (TPSA) is 76.7 Å². The van der Waals surface area contributed by atoms with Crippen molar-refractivity contribution in [3.05, 3.63) is 58.6 Å². The van der Waals surface area contributed by atoms with Gasteiger partial charge in [-0.2, -0.15) is 0 Å². The first-order valence-corrected chi connectivity index (χ1v) is 7.05. The number of rotatable bonds is 3. The number of anilines is 1. The first-order chi connectivity index (χ1) is 10.6. The second kappa shape index (κ2) is 5.69. The van der Waals surface area contributed by atoms with Gasteiger partial charge in [-0.15, -0.1) is 0 Å². The van der Waals surface area contributed by atoms with Crippen LogP contribution in [0.3, 0.4) is 0 Å². The number of hydrogen-bond donors (Lipinski definition) is 2. The monoisotopic (exact) mass is 315 g/mol. The first kappa shape index (κ1) is 14.4. The van der Waals surface area contributed by atoms with E-state index in [2.05, 4.69) is 10.3 Å². The van der Waals surface area contributed by atoms with Crippen molar-refractivity contribution in [1.29, 1.82) is 0 Å². The van der Waals surface area contributed by atoms with Crippen LogP contribution in [0.5, 0.6) is 5.75 Å². The van der Waals surface area contributed by atoms with E-state index < -0.39 is 11.9 Å². The number of amidine groups is 1. The Kier molecular flexibility index (Phi) is 3.73. The summed E-state index contributed by atoms with van der Waals surface area (Å²) in [7, 11) is 1.60. The van der Waals surface area contributed by atoms with Gasteiger partial charge in [0.2, 0.25) is 5.91 Å². The second-order valence-corrected chi connectivity index (χ2v) is 5.25. The molecular weight excluding hydrogens is 302 g/mol. The summed E-state index contributed by atoms with van der Waals surface area (Å²) in [5.74, 6) is 0.771. The molecule has 3 rings (SSSR count). The van der Waals surface area contributed by atoms with Gasteiger partial charge in [0.15, 0.2) is 6.04 Å². The van der Waals surface area contributed by atoms with E-state index in [1.807, 2.05) is 24.3 Å². The maximum absolute atomic E-state index is 11.7. The maximum atomic E-state index is 11.7. The van der Waals surface area contributed by atoms with Crippen molar-refractivity contribution >= 4 is 29.0 Å². The third-order valence-electron chi connectivity index (χ3n) is 3.47. The number of fused-ring (bicyclic) bond motifs is 1. The number of primary amides is 1. The molecule has 1 heterocycles. The summed E-state index contributed by atoms with van der Waals surface area (Å²) in [5.41, 5.74) is 7.64. The number of nitrogens with one attached hydrogen (secondary N) is 1. The molecule has 112 valence electrons. The Morgan fingerprint density at radius 2 is 2.00 bits per heavy atom. The minimum atomic E-state index is -0.757. The molecule has 0 bridgehead atoms. The van der Waals surface area contributed by atoms with E-state index in [0.29, 0.717) is 22.1 Å². The zero-order valence-electron chi connectivity index (χ0n) is 11.8. The zero-order valence-corrected chi connectivity index (χ0v) is 12.6. The van der Waals surface area contributed by atoms with Crippen molar-refractivity contribution in [2.75, 3.05) is 12.4 Å². The normalized spacial score (nSPS) is 16.3. The molecule has 0 aromatic heterocycles. The van der Waals surface area contributed by atoms with Crippen LogP contribution in [-0.4, -0.2) is 18.9 Å². The fraction of sp³-hybridized carbons (Fsp3) is 0.125. The van der Waals surface area contributed by atoms with Crippen molar-refractivity contribution in [3.63, 3.8) is 0 Å². The molecule has 3 N–H and O–H groups in total. The Bertz CT molecular complexity index is 756. The smallest absolute Gasteiger partial charge is 0.246 e. The van der Waals surface area contributed by atoms with Crippen LogP contribution in [0.15, 0.2) is 47.5 Å². The average molecular weight is 316 g/mol. The van der Waals surface area contributed by atoms with Crippen LogP contribution in [-0.2, 0) is 4.79 Å². The number of nitrogens with zero attached hydrogens (tertiary/aromatic N) is 1. The van der Waals surface area contributed by atoms with Gasteiger partial charge < -0.3 is 15.8 Å². The molecule has 1 aliphatic rings. The second-order valence-electron chi connectivity index (χ2n) is 4.84. The summed E-state index contributed by atoms with van der Waals surface area (Å²) in [6.45, 7) is 0. The molecule has 1 unspecified atom stereocenters. The van der Waals surface area contributed by atoms with Gasteiger partial charge in [0.25, 0.3) is 0 Å². The fourth-order valence-corrected chi connectivity index (χ4v) is 2.59. The maximum Gasteiger partial charge on any atom is 0.246 e. The Morgan fingerprint density at radius 1 is 1.27 bits per heavy atom. The lowest BCUT2D eigenvalue weighted by Gasteiger charge is -2.24. The predicted molar refractivity (Wildman–Crippen MR) is 86.5 cm³/mol. The number of methoxy groups -OCH3 is 1. The fourth-order valence-electron chi connectivity index (χ4n) is 2.36. The van der Waals surface area contributed by atoms with Crippen LogP contribution < -0.4 is 15.8 Å². The predicted octanol–water partition coefficient (Wildman–Crippen LogP) is 2.75. The average Bonchev–Trinajstić information content (AvgIpc) is 2.54. The van der Waals surface area contributed by atoms with E-state index in [0.717, 1.165) is 11.3 Å². The van der Waals surface area contributed by atoms with E-state index >= 15 is 0 Å². The van der Waals surface area contributed by atoms with Crippen LogP contribution >= 0.6 is 11.6 Å². The number of carbonyl (C=O) groups is 1. The number of para-hydroxylation sites is 1. The number of nitrogens with two attached hydrogens (primary N) is 1. The third-order valence-corrected chi connectivity index (χ3v) is 3.79. The van der Waals surface area contributed by atoms with Crippen LogP contribution in [0.4, 0.5) is 5.69 Å². The van der Waals surface area contributed by atoms with Gasteiger partial charge in [0.1, 0.15) is 11.6 Å². The van der Waals surface area contributed by atoms with Crippen molar-refractivity contribution < 1.29 is 9.53 Å². The van der Waals surface area contributed by atoms with E-state index in [4.69, 9.17) is 22.1 Å². The van der Waals surface area contributed by atoms with Crippen LogP contribution in [0.1, 0.15) is 17.2 Å². The summed E-state index contributed by atoms with van der Waals surface area (Å²) in [6, 6.07) is 11.9. The Labute approximate surface area is 132 Å².